The number of halogens is 2. The SMILES string of the molecule is CC1(C)CC(NC(=O)c2cc(Br)ccc2F)c2cc(N)ccc2O1. The summed E-state index contributed by atoms with van der Waals surface area (Å²) in [4.78, 5) is 12.5. The van der Waals surface area contributed by atoms with Crippen LogP contribution in [0.15, 0.2) is 40.9 Å². The zero-order valence-electron chi connectivity index (χ0n) is 13.4. The second-order valence-electron chi connectivity index (χ2n) is 6.51. The number of carbonyl (C=O) groups is 1. The van der Waals surface area contributed by atoms with Gasteiger partial charge >= 0.3 is 0 Å². The van der Waals surface area contributed by atoms with Crippen molar-refractivity contribution < 1.29 is 13.9 Å². The van der Waals surface area contributed by atoms with Crippen molar-refractivity contribution in [3.8, 4) is 5.75 Å². The van der Waals surface area contributed by atoms with E-state index < -0.39 is 17.3 Å². The van der Waals surface area contributed by atoms with E-state index in [-0.39, 0.29) is 11.6 Å². The van der Waals surface area contributed by atoms with Crippen LogP contribution in [0, 0.1) is 5.82 Å². The lowest BCUT2D eigenvalue weighted by Crippen LogP contribution is -2.41. The number of hydrogen-bond donors (Lipinski definition) is 2. The number of nitrogens with one attached hydrogen (secondary N) is 1. The topological polar surface area (TPSA) is 64.4 Å². The summed E-state index contributed by atoms with van der Waals surface area (Å²) in [6.45, 7) is 3.90. The van der Waals surface area contributed by atoms with Crippen molar-refractivity contribution in [2.24, 2.45) is 0 Å². The molecule has 2 aromatic carbocycles. The maximum Gasteiger partial charge on any atom is 0.254 e. The lowest BCUT2D eigenvalue weighted by molar-refractivity contribution is 0.0619. The Hall–Kier alpha value is -2.08. The molecule has 1 amide bonds. The quantitative estimate of drug-likeness (QED) is 0.752. The molecule has 0 spiro atoms. The molecule has 0 saturated heterocycles. The number of fused-ring (bicyclic) bond motifs is 1. The number of rotatable bonds is 2. The summed E-state index contributed by atoms with van der Waals surface area (Å²) in [5, 5.41) is 2.91. The molecule has 24 heavy (non-hydrogen) atoms. The van der Waals surface area contributed by atoms with Gasteiger partial charge in [0.2, 0.25) is 0 Å². The largest absolute Gasteiger partial charge is 0.487 e. The Morgan fingerprint density at radius 2 is 2.08 bits per heavy atom. The minimum Gasteiger partial charge on any atom is -0.487 e. The molecule has 3 N–H and O–H groups in total. The predicted octanol–water partition coefficient (Wildman–Crippen LogP) is 4.20. The highest BCUT2D eigenvalue weighted by Crippen LogP contribution is 2.40. The van der Waals surface area contributed by atoms with Crippen LogP contribution < -0.4 is 15.8 Å². The van der Waals surface area contributed by atoms with Crippen molar-refractivity contribution in [3.63, 3.8) is 0 Å². The monoisotopic (exact) mass is 392 g/mol. The Balaban J connectivity index is 1.93. The first-order valence-corrected chi connectivity index (χ1v) is 8.39. The number of nitrogens with two attached hydrogens (primary N) is 1. The van der Waals surface area contributed by atoms with Crippen LogP contribution in [-0.2, 0) is 0 Å². The maximum absolute atomic E-state index is 14.0. The van der Waals surface area contributed by atoms with E-state index in [0.717, 1.165) is 5.56 Å². The van der Waals surface area contributed by atoms with Crippen molar-refractivity contribution in [1.82, 2.24) is 5.32 Å². The molecule has 6 heteroatoms. The maximum atomic E-state index is 14.0. The smallest absolute Gasteiger partial charge is 0.254 e. The lowest BCUT2D eigenvalue weighted by Gasteiger charge is -2.38. The van der Waals surface area contributed by atoms with E-state index in [2.05, 4.69) is 21.2 Å². The molecule has 1 heterocycles. The zero-order valence-corrected chi connectivity index (χ0v) is 15.0. The van der Waals surface area contributed by atoms with Crippen molar-refractivity contribution in [1.29, 1.82) is 0 Å². The summed E-state index contributed by atoms with van der Waals surface area (Å²) in [6, 6.07) is 9.32. The number of anilines is 1. The van der Waals surface area contributed by atoms with E-state index in [0.29, 0.717) is 22.3 Å². The molecule has 4 nitrogen and oxygen atoms in total. The average molecular weight is 393 g/mol. The number of benzene rings is 2. The molecule has 2 aromatic rings. The number of hydrogen-bond acceptors (Lipinski definition) is 3. The predicted molar refractivity (Wildman–Crippen MR) is 94.5 cm³/mol. The van der Waals surface area contributed by atoms with Crippen molar-refractivity contribution >= 4 is 27.5 Å². The van der Waals surface area contributed by atoms with Gasteiger partial charge < -0.3 is 15.8 Å². The molecular weight excluding hydrogens is 375 g/mol. The standard InChI is InChI=1S/C18H18BrFN2O2/c1-18(2)9-15(13-8-11(21)4-6-16(13)24-18)22-17(23)12-7-10(19)3-5-14(12)20/h3-8,15H,9,21H2,1-2H3,(H,22,23). The van der Waals surface area contributed by atoms with Gasteiger partial charge in [0.25, 0.3) is 5.91 Å². The van der Waals surface area contributed by atoms with Gasteiger partial charge in [-0.25, -0.2) is 4.39 Å². The van der Waals surface area contributed by atoms with Crippen LogP contribution in [0.5, 0.6) is 5.75 Å². The van der Waals surface area contributed by atoms with Crippen molar-refractivity contribution in [2.75, 3.05) is 5.73 Å². The summed E-state index contributed by atoms with van der Waals surface area (Å²) >= 11 is 3.26. The Labute approximate surface area is 148 Å². The summed E-state index contributed by atoms with van der Waals surface area (Å²) in [5.41, 5.74) is 6.81. The molecule has 0 fully saturated rings. The van der Waals surface area contributed by atoms with Crippen LogP contribution in [-0.4, -0.2) is 11.5 Å². The summed E-state index contributed by atoms with van der Waals surface area (Å²) in [6.07, 6.45) is 0.560. The molecule has 1 aliphatic rings. The van der Waals surface area contributed by atoms with Gasteiger partial charge in [-0.2, -0.15) is 0 Å². The summed E-state index contributed by atoms with van der Waals surface area (Å²) in [5.74, 6) is -0.347. The van der Waals surface area contributed by atoms with Gasteiger partial charge in [0.05, 0.1) is 11.6 Å². The van der Waals surface area contributed by atoms with Crippen molar-refractivity contribution in [2.45, 2.75) is 31.9 Å². The van der Waals surface area contributed by atoms with Gasteiger partial charge in [0.1, 0.15) is 17.2 Å². The van der Waals surface area contributed by atoms with E-state index >= 15 is 0 Å². The van der Waals surface area contributed by atoms with Gasteiger partial charge in [0.15, 0.2) is 0 Å². The summed E-state index contributed by atoms with van der Waals surface area (Å²) in [7, 11) is 0. The minimum atomic E-state index is -0.560. The van der Waals surface area contributed by atoms with Crippen LogP contribution in [0.4, 0.5) is 10.1 Å². The average Bonchev–Trinajstić information content (AvgIpc) is 2.49. The van der Waals surface area contributed by atoms with Gasteiger partial charge in [-0.1, -0.05) is 15.9 Å². The minimum absolute atomic E-state index is 0.000809. The summed E-state index contributed by atoms with van der Waals surface area (Å²) < 4.78 is 20.6. The molecule has 0 saturated carbocycles. The fourth-order valence-electron chi connectivity index (χ4n) is 2.91. The van der Waals surface area contributed by atoms with E-state index in [9.17, 15) is 9.18 Å². The molecule has 0 aromatic heterocycles. The van der Waals surface area contributed by atoms with Gasteiger partial charge in [-0.05, 0) is 50.2 Å². The first-order valence-electron chi connectivity index (χ1n) is 7.59. The van der Waals surface area contributed by atoms with Crippen LogP contribution >= 0.6 is 15.9 Å². The van der Waals surface area contributed by atoms with Gasteiger partial charge in [0, 0.05) is 22.1 Å². The highest BCUT2D eigenvalue weighted by atomic mass is 79.9. The van der Waals surface area contributed by atoms with Crippen LogP contribution in [0.3, 0.4) is 0 Å². The number of nitrogen functional groups attached to an aromatic ring is 1. The first kappa shape index (κ1) is 16.8. The second kappa shape index (κ2) is 6.09. The molecular formula is C18H18BrFN2O2. The zero-order chi connectivity index (χ0) is 17.5. The highest BCUT2D eigenvalue weighted by molar-refractivity contribution is 9.10. The Bertz CT molecular complexity index is 808. The Morgan fingerprint density at radius 1 is 1.33 bits per heavy atom. The number of amides is 1. The van der Waals surface area contributed by atoms with E-state index in [1.807, 2.05) is 13.8 Å². The molecule has 126 valence electrons. The van der Waals surface area contributed by atoms with E-state index in [1.165, 1.54) is 12.1 Å². The molecule has 1 unspecified atom stereocenters. The number of ether oxygens (including phenoxy) is 1. The third-order valence-corrected chi connectivity index (χ3v) is 4.46. The van der Waals surface area contributed by atoms with Gasteiger partial charge in [-0.15, -0.1) is 0 Å². The van der Waals surface area contributed by atoms with E-state index in [4.69, 9.17) is 10.5 Å². The molecule has 1 atom stereocenters. The number of carbonyl (C=O) groups excluding carboxylic acids is 1. The van der Waals surface area contributed by atoms with Crippen LogP contribution in [0.1, 0.15) is 42.2 Å². The second-order valence-corrected chi connectivity index (χ2v) is 7.43. The molecule has 0 radical (unpaired) electrons. The molecule has 3 rings (SSSR count). The Kier molecular flexibility index (Phi) is 4.25. The highest BCUT2D eigenvalue weighted by Gasteiger charge is 2.35. The molecule has 0 aliphatic carbocycles. The Morgan fingerprint density at radius 3 is 2.83 bits per heavy atom. The first-order chi connectivity index (χ1) is 11.2. The van der Waals surface area contributed by atoms with E-state index in [1.54, 1.807) is 24.3 Å². The third-order valence-electron chi connectivity index (χ3n) is 3.97. The van der Waals surface area contributed by atoms with Gasteiger partial charge in [-0.3, -0.25) is 4.79 Å². The normalized spacial score (nSPS) is 18.4. The fraction of sp³-hybridized carbons (Fsp3) is 0.278. The third kappa shape index (κ3) is 3.38. The molecule has 0 bridgehead atoms. The fourth-order valence-corrected chi connectivity index (χ4v) is 3.27. The molecule has 1 aliphatic heterocycles. The van der Waals surface area contributed by atoms with Crippen molar-refractivity contribution in [3.05, 3.63) is 57.8 Å². The van der Waals surface area contributed by atoms with Crippen LogP contribution in [0.2, 0.25) is 0 Å². The van der Waals surface area contributed by atoms with Crippen LogP contribution in [0.25, 0.3) is 0 Å². The lowest BCUT2D eigenvalue weighted by atomic mass is 9.89.